The lowest BCUT2D eigenvalue weighted by Gasteiger charge is -2.19. The van der Waals surface area contributed by atoms with Gasteiger partial charge in [0.2, 0.25) is 5.91 Å². The molecule has 2 N–H and O–H groups in total. The van der Waals surface area contributed by atoms with E-state index in [1.165, 1.54) is 0 Å². The van der Waals surface area contributed by atoms with Crippen LogP contribution >= 0.6 is 0 Å². The molecule has 1 amide bonds. The van der Waals surface area contributed by atoms with Gasteiger partial charge in [-0.3, -0.25) is 9.89 Å². The molecule has 0 atom stereocenters. The molecule has 0 spiro atoms. The van der Waals surface area contributed by atoms with Gasteiger partial charge in [-0.15, -0.1) is 0 Å². The molecule has 0 saturated heterocycles. The molecule has 1 rings (SSSR count). The highest BCUT2D eigenvalue weighted by atomic mass is 16.1. The quantitative estimate of drug-likeness (QED) is 0.744. The topological polar surface area (TPSA) is 57.8 Å². The molecule has 0 aromatic carbocycles. The van der Waals surface area contributed by atoms with Crippen LogP contribution in [0.2, 0.25) is 0 Å². The number of carbonyl (C=O) groups is 1. The minimum absolute atomic E-state index is 0.00370. The summed E-state index contributed by atoms with van der Waals surface area (Å²) in [6, 6.07) is 1.88. The molecule has 4 nitrogen and oxygen atoms in total. The molecule has 0 fully saturated rings. The molecule has 0 aliphatic heterocycles. The van der Waals surface area contributed by atoms with E-state index in [9.17, 15) is 4.79 Å². The summed E-state index contributed by atoms with van der Waals surface area (Å²) in [6.07, 6.45) is 0.335. The largest absolute Gasteiger partial charge is 0.351 e. The van der Waals surface area contributed by atoms with E-state index in [0.717, 1.165) is 11.4 Å². The predicted molar refractivity (Wildman–Crippen MR) is 54.9 cm³/mol. The van der Waals surface area contributed by atoms with E-state index < -0.39 is 0 Å². The zero-order valence-electron chi connectivity index (χ0n) is 9.14. The van der Waals surface area contributed by atoms with Crippen molar-refractivity contribution in [1.29, 1.82) is 0 Å². The van der Waals surface area contributed by atoms with Gasteiger partial charge in [0.1, 0.15) is 0 Å². The molecular formula is C10H17N3O. The zero-order valence-corrected chi connectivity index (χ0v) is 9.14. The van der Waals surface area contributed by atoms with Gasteiger partial charge in [-0.1, -0.05) is 0 Å². The Labute approximate surface area is 84.1 Å². The van der Waals surface area contributed by atoms with Crippen molar-refractivity contribution in [2.75, 3.05) is 0 Å². The average Bonchev–Trinajstić information content (AvgIpc) is 2.30. The van der Waals surface area contributed by atoms with Gasteiger partial charge in [0.25, 0.3) is 0 Å². The maximum Gasteiger partial charge on any atom is 0.226 e. The molecule has 0 bridgehead atoms. The zero-order chi connectivity index (χ0) is 10.8. The first-order valence-electron chi connectivity index (χ1n) is 4.69. The second-order valence-electron chi connectivity index (χ2n) is 4.52. The van der Waals surface area contributed by atoms with Crippen molar-refractivity contribution in [3.8, 4) is 0 Å². The van der Waals surface area contributed by atoms with Crippen molar-refractivity contribution in [3.63, 3.8) is 0 Å². The summed E-state index contributed by atoms with van der Waals surface area (Å²) in [5, 5.41) is 9.69. The van der Waals surface area contributed by atoms with Crippen molar-refractivity contribution in [2.24, 2.45) is 0 Å². The van der Waals surface area contributed by atoms with E-state index >= 15 is 0 Å². The molecule has 0 radical (unpaired) electrons. The Hall–Kier alpha value is -1.32. The molecule has 1 aromatic rings. The number of carbonyl (C=O) groups excluding carboxylic acids is 1. The molecule has 0 aliphatic rings. The van der Waals surface area contributed by atoms with E-state index in [2.05, 4.69) is 15.5 Å². The Kier molecular flexibility index (Phi) is 2.93. The highest BCUT2D eigenvalue weighted by Crippen LogP contribution is 2.02. The van der Waals surface area contributed by atoms with Gasteiger partial charge in [0.15, 0.2) is 0 Å². The second-order valence-corrected chi connectivity index (χ2v) is 4.52. The fourth-order valence-corrected chi connectivity index (χ4v) is 1.19. The first-order valence-corrected chi connectivity index (χ1v) is 4.69. The second kappa shape index (κ2) is 3.82. The van der Waals surface area contributed by atoms with Crippen LogP contribution in [-0.2, 0) is 11.2 Å². The molecule has 0 aliphatic carbocycles. The number of aryl methyl sites for hydroxylation is 1. The average molecular weight is 195 g/mol. The van der Waals surface area contributed by atoms with Crippen LogP contribution in [0, 0.1) is 6.92 Å². The number of rotatable bonds is 2. The maximum absolute atomic E-state index is 11.5. The Morgan fingerprint density at radius 1 is 1.57 bits per heavy atom. The number of amides is 1. The fourth-order valence-electron chi connectivity index (χ4n) is 1.19. The third kappa shape index (κ3) is 3.60. The van der Waals surface area contributed by atoms with Crippen LogP contribution < -0.4 is 5.32 Å². The third-order valence-electron chi connectivity index (χ3n) is 1.62. The van der Waals surface area contributed by atoms with Crippen molar-refractivity contribution < 1.29 is 4.79 Å². The summed E-state index contributed by atoms with van der Waals surface area (Å²) in [7, 11) is 0. The van der Waals surface area contributed by atoms with Gasteiger partial charge in [0, 0.05) is 11.2 Å². The van der Waals surface area contributed by atoms with Crippen LogP contribution in [0.3, 0.4) is 0 Å². The van der Waals surface area contributed by atoms with Crippen LogP contribution in [0.25, 0.3) is 0 Å². The van der Waals surface area contributed by atoms with Crippen molar-refractivity contribution in [1.82, 2.24) is 15.5 Å². The molecular weight excluding hydrogens is 178 g/mol. The Morgan fingerprint density at radius 3 is 2.64 bits per heavy atom. The first kappa shape index (κ1) is 10.8. The normalized spacial score (nSPS) is 11.4. The predicted octanol–water partition coefficient (Wildman–Crippen LogP) is 1.18. The van der Waals surface area contributed by atoms with E-state index in [-0.39, 0.29) is 11.4 Å². The van der Waals surface area contributed by atoms with E-state index in [1.807, 2.05) is 33.8 Å². The number of aromatic nitrogens is 2. The third-order valence-corrected chi connectivity index (χ3v) is 1.62. The number of H-pyrrole nitrogens is 1. The molecule has 0 saturated carbocycles. The van der Waals surface area contributed by atoms with Gasteiger partial charge in [-0.05, 0) is 33.8 Å². The van der Waals surface area contributed by atoms with Gasteiger partial charge in [0.05, 0.1) is 12.1 Å². The van der Waals surface area contributed by atoms with Gasteiger partial charge >= 0.3 is 0 Å². The summed E-state index contributed by atoms with van der Waals surface area (Å²) >= 11 is 0. The highest BCUT2D eigenvalue weighted by molar-refractivity contribution is 5.78. The molecule has 78 valence electrons. The van der Waals surface area contributed by atoms with Crippen LogP contribution in [0.5, 0.6) is 0 Å². The summed E-state index contributed by atoms with van der Waals surface area (Å²) in [5.74, 6) is 0.00370. The van der Waals surface area contributed by atoms with Crippen molar-refractivity contribution in [2.45, 2.75) is 39.7 Å². The standard InChI is InChI=1S/C10H17N3O/c1-7-5-8(13-12-7)6-9(14)11-10(2,3)4/h5H,6H2,1-4H3,(H,11,14)(H,12,13). The van der Waals surface area contributed by atoms with E-state index in [0.29, 0.717) is 6.42 Å². The fraction of sp³-hybridized carbons (Fsp3) is 0.600. The Morgan fingerprint density at radius 2 is 2.21 bits per heavy atom. The molecule has 1 heterocycles. The number of nitrogens with one attached hydrogen (secondary N) is 2. The lowest BCUT2D eigenvalue weighted by molar-refractivity contribution is -0.121. The minimum Gasteiger partial charge on any atom is -0.351 e. The van der Waals surface area contributed by atoms with Gasteiger partial charge in [-0.25, -0.2) is 0 Å². The SMILES string of the molecule is Cc1cc(CC(=O)NC(C)(C)C)n[nH]1. The van der Waals surface area contributed by atoms with Crippen LogP contribution in [0.1, 0.15) is 32.2 Å². The van der Waals surface area contributed by atoms with Gasteiger partial charge < -0.3 is 5.32 Å². The van der Waals surface area contributed by atoms with E-state index in [4.69, 9.17) is 0 Å². The highest BCUT2D eigenvalue weighted by Gasteiger charge is 2.14. The number of hydrogen-bond donors (Lipinski definition) is 2. The number of nitrogens with zero attached hydrogens (tertiary/aromatic N) is 1. The summed E-state index contributed by atoms with van der Waals surface area (Å²) in [4.78, 5) is 11.5. The smallest absolute Gasteiger partial charge is 0.226 e. The Balaban J connectivity index is 2.50. The van der Waals surface area contributed by atoms with Gasteiger partial charge in [-0.2, -0.15) is 5.10 Å². The molecule has 0 unspecified atom stereocenters. The van der Waals surface area contributed by atoms with Crippen molar-refractivity contribution >= 4 is 5.91 Å². The summed E-state index contributed by atoms with van der Waals surface area (Å²) in [5.41, 5.74) is 1.58. The summed E-state index contributed by atoms with van der Waals surface area (Å²) in [6.45, 7) is 7.79. The number of aromatic amines is 1. The lowest BCUT2D eigenvalue weighted by atomic mass is 10.1. The minimum atomic E-state index is -0.178. The van der Waals surface area contributed by atoms with Crippen LogP contribution in [-0.4, -0.2) is 21.6 Å². The monoisotopic (exact) mass is 195 g/mol. The van der Waals surface area contributed by atoms with E-state index in [1.54, 1.807) is 0 Å². The summed E-state index contributed by atoms with van der Waals surface area (Å²) < 4.78 is 0. The first-order chi connectivity index (χ1) is 6.37. The maximum atomic E-state index is 11.5. The van der Waals surface area contributed by atoms with Crippen molar-refractivity contribution in [3.05, 3.63) is 17.5 Å². The molecule has 4 heteroatoms. The van der Waals surface area contributed by atoms with Crippen LogP contribution in [0.4, 0.5) is 0 Å². The van der Waals surface area contributed by atoms with Crippen LogP contribution in [0.15, 0.2) is 6.07 Å². The number of hydrogen-bond acceptors (Lipinski definition) is 2. The molecule has 14 heavy (non-hydrogen) atoms. The lowest BCUT2D eigenvalue weighted by Crippen LogP contribution is -2.41. The molecule has 1 aromatic heterocycles. The Bertz CT molecular complexity index is 322.